The van der Waals surface area contributed by atoms with Crippen molar-refractivity contribution in [2.75, 3.05) is 13.1 Å². The largest absolute Gasteiger partial charge is 0.255 e. The molecule has 0 atom stereocenters. The molecule has 0 aromatic carbocycles. The van der Waals surface area contributed by atoms with E-state index in [0.717, 1.165) is 19.5 Å². The average Bonchev–Trinajstić information content (AvgIpc) is 2.54. The van der Waals surface area contributed by atoms with E-state index in [0.29, 0.717) is 22.7 Å². The van der Waals surface area contributed by atoms with Crippen molar-refractivity contribution < 1.29 is 0 Å². The number of rotatable bonds is 2. The summed E-state index contributed by atoms with van der Waals surface area (Å²) in [5.41, 5.74) is 3.21. The zero-order valence-corrected chi connectivity index (χ0v) is 9.02. The molecule has 2 heterocycles. The summed E-state index contributed by atoms with van der Waals surface area (Å²) in [5.74, 6) is 0.650. The van der Waals surface area contributed by atoms with Gasteiger partial charge in [0.2, 0.25) is 0 Å². The minimum atomic E-state index is 0.388. The smallest absolute Gasteiger partial charge is 0.147 e. The van der Waals surface area contributed by atoms with Gasteiger partial charge in [0.25, 0.3) is 0 Å². The number of hydrogen-bond acceptors (Lipinski definition) is 4. The number of nitrogens with zero attached hydrogens (tertiary/aromatic N) is 3. The van der Waals surface area contributed by atoms with Crippen molar-refractivity contribution in [3.63, 3.8) is 0 Å². The standard InChI is InChI=1S/C8H10Cl2N4/c9-6-4-7(10)13-8(12-6)5-14-3-1-2-11-14/h4,11H,1-3,5H2. The molecule has 1 aliphatic heterocycles. The van der Waals surface area contributed by atoms with Gasteiger partial charge in [0.15, 0.2) is 0 Å². The van der Waals surface area contributed by atoms with Crippen molar-refractivity contribution in [1.29, 1.82) is 0 Å². The molecule has 1 saturated heterocycles. The molecule has 14 heavy (non-hydrogen) atoms. The Hall–Kier alpha value is -0.420. The van der Waals surface area contributed by atoms with Crippen LogP contribution in [0.3, 0.4) is 0 Å². The van der Waals surface area contributed by atoms with Crippen molar-refractivity contribution in [3.05, 3.63) is 22.2 Å². The molecule has 2 rings (SSSR count). The van der Waals surface area contributed by atoms with Crippen LogP contribution in [0.4, 0.5) is 0 Å². The van der Waals surface area contributed by atoms with E-state index in [1.54, 1.807) is 0 Å². The van der Waals surface area contributed by atoms with Crippen LogP contribution < -0.4 is 5.43 Å². The molecular weight excluding hydrogens is 223 g/mol. The monoisotopic (exact) mass is 232 g/mol. The molecule has 0 bridgehead atoms. The van der Waals surface area contributed by atoms with E-state index in [4.69, 9.17) is 23.2 Å². The van der Waals surface area contributed by atoms with Gasteiger partial charge in [-0.3, -0.25) is 5.43 Å². The zero-order valence-electron chi connectivity index (χ0n) is 7.50. The van der Waals surface area contributed by atoms with Crippen molar-refractivity contribution in [1.82, 2.24) is 20.4 Å². The van der Waals surface area contributed by atoms with Gasteiger partial charge < -0.3 is 0 Å². The first-order chi connectivity index (χ1) is 6.74. The zero-order chi connectivity index (χ0) is 9.97. The summed E-state index contributed by atoms with van der Waals surface area (Å²) in [6, 6.07) is 1.53. The van der Waals surface area contributed by atoms with E-state index < -0.39 is 0 Å². The fourth-order valence-corrected chi connectivity index (χ4v) is 1.85. The predicted octanol–water partition coefficient (Wildman–Crippen LogP) is 1.49. The summed E-state index contributed by atoms with van der Waals surface area (Å²) in [6.45, 7) is 2.65. The third kappa shape index (κ3) is 2.54. The maximum atomic E-state index is 5.76. The second-order valence-corrected chi connectivity index (χ2v) is 3.89. The predicted molar refractivity (Wildman–Crippen MR) is 55.1 cm³/mol. The number of aromatic nitrogens is 2. The highest BCUT2D eigenvalue weighted by atomic mass is 35.5. The molecule has 1 N–H and O–H groups in total. The van der Waals surface area contributed by atoms with E-state index in [9.17, 15) is 0 Å². The molecule has 1 fully saturated rings. The Balaban J connectivity index is 2.07. The fourth-order valence-electron chi connectivity index (χ4n) is 1.40. The Morgan fingerprint density at radius 1 is 1.36 bits per heavy atom. The third-order valence-corrected chi connectivity index (χ3v) is 2.37. The Morgan fingerprint density at radius 3 is 2.64 bits per heavy atom. The summed E-state index contributed by atoms with van der Waals surface area (Å²) in [7, 11) is 0. The van der Waals surface area contributed by atoms with Crippen LogP contribution in [0.1, 0.15) is 12.2 Å². The molecule has 76 valence electrons. The minimum Gasteiger partial charge on any atom is -0.255 e. The summed E-state index contributed by atoms with van der Waals surface area (Å²) in [5, 5.41) is 2.83. The Bertz CT molecular complexity index is 305. The van der Waals surface area contributed by atoms with Gasteiger partial charge in [0.1, 0.15) is 16.1 Å². The second kappa shape index (κ2) is 4.40. The van der Waals surface area contributed by atoms with Gasteiger partial charge >= 0.3 is 0 Å². The summed E-state index contributed by atoms with van der Waals surface area (Å²) in [6.07, 6.45) is 1.15. The Labute approximate surface area is 92.2 Å². The SMILES string of the molecule is Clc1cc(Cl)nc(CN2CCCN2)n1. The van der Waals surface area contributed by atoms with Gasteiger partial charge in [0, 0.05) is 19.2 Å². The highest BCUT2D eigenvalue weighted by molar-refractivity contribution is 6.33. The van der Waals surface area contributed by atoms with Crippen LogP contribution in [-0.2, 0) is 6.54 Å². The Kier molecular flexibility index (Phi) is 3.18. The van der Waals surface area contributed by atoms with Crippen molar-refractivity contribution in [3.8, 4) is 0 Å². The third-order valence-electron chi connectivity index (χ3n) is 1.98. The highest BCUT2D eigenvalue weighted by Crippen LogP contribution is 2.12. The van der Waals surface area contributed by atoms with Crippen LogP contribution >= 0.6 is 23.2 Å². The van der Waals surface area contributed by atoms with E-state index >= 15 is 0 Å². The van der Waals surface area contributed by atoms with Crippen LogP contribution in [0.5, 0.6) is 0 Å². The van der Waals surface area contributed by atoms with Gasteiger partial charge in [-0.15, -0.1) is 0 Å². The first-order valence-corrected chi connectivity index (χ1v) is 5.17. The normalized spacial score (nSPS) is 17.6. The maximum Gasteiger partial charge on any atom is 0.147 e. The van der Waals surface area contributed by atoms with Crippen LogP contribution in [-0.4, -0.2) is 28.1 Å². The summed E-state index contributed by atoms with van der Waals surface area (Å²) in [4.78, 5) is 8.17. The molecule has 4 nitrogen and oxygen atoms in total. The topological polar surface area (TPSA) is 41.1 Å². The molecular formula is C8H10Cl2N4. The first kappa shape index (κ1) is 10.1. The van der Waals surface area contributed by atoms with Crippen LogP contribution in [0, 0.1) is 0 Å². The highest BCUT2D eigenvalue weighted by Gasteiger charge is 2.13. The van der Waals surface area contributed by atoms with Gasteiger partial charge in [-0.05, 0) is 6.42 Å². The van der Waals surface area contributed by atoms with Gasteiger partial charge in [0.05, 0.1) is 6.54 Å². The minimum absolute atomic E-state index is 0.388. The number of nitrogens with one attached hydrogen (secondary N) is 1. The van der Waals surface area contributed by atoms with Crippen molar-refractivity contribution >= 4 is 23.2 Å². The molecule has 6 heteroatoms. The van der Waals surface area contributed by atoms with E-state index in [-0.39, 0.29) is 0 Å². The van der Waals surface area contributed by atoms with E-state index in [1.165, 1.54) is 6.07 Å². The van der Waals surface area contributed by atoms with Crippen LogP contribution in [0.25, 0.3) is 0 Å². The number of hydrazine groups is 1. The number of hydrogen-bond donors (Lipinski definition) is 1. The van der Waals surface area contributed by atoms with Gasteiger partial charge in [-0.1, -0.05) is 23.2 Å². The van der Waals surface area contributed by atoms with Gasteiger partial charge in [-0.2, -0.15) is 0 Å². The fraction of sp³-hybridized carbons (Fsp3) is 0.500. The molecule has 1 aromatic rings. The van der Waals surface area contributed by atoms with E-state index in [2.05, 4.69) is 20.4 Å². The first-order valence-electron chi connectivity index (χ1n) is 4.41. The molecule has 0 aliphatic carbocycles. The quantitative estimate of drug-likeness (QED) is 0.786. The lowest BCUT2D eigenvalue weighted by Gasteiger charge is -2.13. The number of halogens is 2. The van der Waals surface area contributed by atoms with Crippen LogP contribution in [0.2, 0.25) is 10.3 Å². The maximum absolute atomic E-state index is 5.76. The molecule has 0 spiro atoms. The lowest BCUT2D eigenvalue weighted by Crippen LogP contribution is -2.30. The molecule has 0 amide bonds. The summed E-state index contributed by atoms with van der Waals surface area (Å²) >= 11 is 11.5. The van der Waals surface area contributed by atoms with Crippen molar-refractivity contribution in [2.24, 2.45) is 0 Å². The van der Waals surface area contributed by atoms with Crippen molar-refractivity contribution in [2.45, 2.75) is 13.0 Å². The lowest BCUT2D eigenvalue weighted by atomic mass is 10.4. The summed E-state index contributed by atoms with van der Waals surface area (Å²) < 4.78 is 0. The van der Waals surface area contributed by atoms with Gasteiger partial charge in [-0.25, -0.2) is 15.0 Å². The molecule has 0 unspecified atom stereocenters. The van der Waals surface area contributed by atoms with Crippen LogP contribution in [0.15, 0.2) is 6.07 Å². The van der Waals surface area contributed by atoms with E-state index in [1.807, 2.05) is 0 Å². The molecule has 1 aromatic heterocycles. The second-order valence-electron chi connectivity index (χ2n) is 3.11. The average molecular weight is 233 g/mol. The molecule has 0 radical (unpaired) electrons. The Morgan fingerprint density at radius 2 is 2.07 bits per heavy atom. The molecule has 1 aliphatic rings. The molecule has 0 saturated carbocycles. The lowest BCUT2D eigenvalue weighted by molar-refractivity contribution is 0.238.